The summed E-state index contributed by atoms with van der Waals surface area (Å²) in [6.07, 6.45) is 6.88. The second-order valence-corrected chi connectivity index (χ2v) is 7.25. The minimum Gasteiger partial charge on any atom is -0.295 e. The Morgan fingerprint density at radius 3 is 2.82 bits per heavy atom. The lowest BCUT2D eigenvalue weighted by molar-refractivity contribution is -0.116. The second-order valence-electron chi connectivity index (χ2n) is 6.34. The quantitative estimate of drug-likeness (QED) is 0.438. The molecule has 1 aliphatic carbocycles. The van der Waals surface area contributed by atoms with E-state index in [0.717, 1.165) is 23.1 Å². The standard InChI is InChI=1S/C17H22O4P/c1-12(5-7-14-11-20-22(19)21-14)6-8-15-13(2)16(18)9-10-17(15,3)4/h6-8,14H,9-11H2,1-4H3/q+1/b8-6+. The highest BCUT2D eigenvalue weighted by molar-refractivity contribution is 7.33. The maximum atomic E-state index is 11.9. The lowest BCUT2D eigenvalue weighted by Gasteiger charge is -2.32. The molecule has 1 aliphatic heterocycles. The minimum absolute atomic E-state index is 0.0132. The van der Waals surface area contributed by atoms with Crippen molar-refractivity contribution >= 4 is 14.0 Å². The fraction of sp³-hybridized carbons (Fsp3) is 0.529. The summed E-state index contributed by atoms with van der Waals surface area (Å²) in [5.74, 6) is 0.233. The molecule has 1 heterocycles. The zero-order valence-corrected chi connectivity index (χ0v) is 14.4. The Morgan fingerprint density at radius 2 is 2.18 bits per heavy atom. The van der Waals surface area contributed by atoms with Crippen molar-refractivity contribution in [1.82, 2.24) is 0 Å². The minimum atomic E-state index is -1.97. The van der Waals surface area contributed by atoms with Gasteiger partial charge in [0.2, 0.25) is 0 Å². The molecule has 4 nitrogen and oxygen atoms in total. The van der Waals surface area contributed by atoms with Crippen LogP contribution in [0.2, 0.25) is 0 Å². The van der Waals surface area contributed by atoms with Crippen LogP contribution in [0.5, 0.6) is 0 Å². The van der Waals surface area contributed by atoms with Crippen molar-refractivity contribution in [1.29, 1.82) is 0 Å². The molecule has 0 radical (unpaired) electrons. The van der Waals surface area contributed by atoms with E-state index in [1.807, 2.05) is 26.0 Å². The smallest absolute Gasteiger partial charge is 0.295 e. The van der Waals surface area contributed by atoms with Crippen molar-refractivity contribution in [3.63, 3.8) is 0 Å². The maximum absolute atomic E-state index is 11.9. The Kier molecular flexibility index (Phi) is 5.31. The summed E-state index contributed by atoms with van der Waals surface area (Å²) in [5, 5.41) is 0. The molecule has 118 valence electrons. The third kappa shape index (κ3) is 4.12. The van der Waals surface area contributed by atoms with Crippen LogP contribution in [-0.4, -0.2) is 18.5 Å². The van der Waals surface area contributed by atoms with E-state index in [1.165, 1.54) is 0 Å². The average Bonchev–Trinajstić information content (AvgIpc) is 2.86. The first-order chi connectivity index (χ1) is 10.3. The van der Waals surface area contributed by atoms with Gasteiger partial charge in [-0.2, -0.15) is 0 Å². The summed E-state index contributed by atoms with van der Waals surface area (Å²) in [5.41, 5.74) is 5.98. The lowest BCUT2D eigenvalue weighted by atomic mass is 9.72. The number of ketones is 1. The number of hydrogen-bond acceptors (Lipinski definition) is 4. The Hall–Kier alpha value is -1.31. The van der Waals surface area contributed by atoms with Crippen molar-refractivity contribution < 1.29 is 18.4 Å². The average molecular weight is 321 g/mol. The Labute approximate surface area is 132 Å². The van der Waals surface area contributed by atoms with Crippen LogP contribution in [0.1, 0.15) is 40.5 Å². The molecule has 1 fully saturated rings. The first kappa shape index (κ1) is 17.1. The van der Waals surface area contributed by atoms with Gasteiger partial charge in [0.25, 0.3) is 0 Å². The Morgan fingerprint density at radius 1 is 1.45 bits per heavy atom. The zero-order chi connectivity index (χ0) is 16.3. The van der Waals surface area contributed by atoms with Gasteiger partial charge < -0.3 is 0 Å². The van der Waals surface area contributed by atoms with Crippen molar-refractivity contribution in [3.8, 4) is 0 Å². The fourth-order valence-electron chi connectivity index (χ4n) is 2.62. The highest BCUT2D eigenvalue weighted by atomic mass is 31.1. The molecule has 0 aromatic rings. The van der Waals surface area contributed by atoms with Crippen LogP contribution in [0.4, 0.5) is 0 Å². The van der Waals surface area contributed by atoms with Gasteiger partial charge in [-0.05, 0) is 48.5 Å². The summed E-state index contributed by atoms with van der Waals surface area (Å²) in [4.78, 5) is 11.9. The maximum Gasteiger partial charge on any atom is 0.698 e. The fourth-order valence-corrected chi connectivity index (χ4v) is 3.29. The first-order valence-corrected chi connectivity index (χ1v) is 8.52. The van der Waals surface area contributed by atoms with Gasteiger partial charge >= 0.3 is 8.25 Å². The van der Waals surface area contributed by atoms with Crippen molar-refractivity contribution in [2.24, 2.45) is 5.41 Å². The van der Waals surface area contributed by atoms with E-state index in [1.54, 1.807) is 6.08 Å². The zero-order valence-electron chi connectivity index (χ0n) is 13.5. The van der Waals surface area contributed by atoms with Crippen LogP contribution in [-0.2, 0) is 18.4 Å². The lowest BCUT2D eigenvalue weighted by Crippen LogP contribution is -2.24. The number of rotatable bonds is 3. The molecule has 0 N–H and O–H groups in total. The third-order valence-electron chi connectivity index (χ3n) is 4.09. The normalized spacial score (nSPS) is 26.5. The van der Waals surface area contributed by atoms with E-state index >= 15 is 0 Å². The Bertz CT molecular complexity index is 619. The van der Waals surface area contributed by atoms with Gasteiger partial charge in [0.15, 0.2) is 11.9 Å². The largest absolute Gasteiger partial charge is 0.698 e. The van der Waals surface area contributed by atoms with Gasteiger partial charge in [-0.25, -0.2) is 0 Å². The molecule has 5 heteroatoms. The van der Waals surface area contributed by atoms with E-state index in [4.69, 9.17) is 9.05 Å². The van der Waals surface area contributed by atoms with E-state index in [-0.39, 0.29) is 17.3 Å². The molecule has 0 aromatic heterocycles. The molecule has 2 aliphatic rings. The van der Waals surface area contributed by atoms with Crippen LogP contribution >= 0.6 is 8.25 Å². The molecule has 0 spiro atoms. The van der Waals surface area contributed by atoms with Gasteiger partial charge in [0, 0.05) is 11.0 Å². The monoisotopic (exact) mass is 321 g/mol. The van der Waals surface area contributed by atoms with Gasteiger partial charge in [0.05, 0.1) is 0 Å². The molecule has 0 aromatic carbocycles. The molecule has 22 heavy (non-hydrogen) atoms. The van der Waals surface area contributed by atoms with Crippen LogP contribution in [0.25, 0.3) is 0 Å². The summed E-state index contributed by atoms with van der Waals surface area (Å²) < 4.78 is 20.9. The van der Waals surface area contributed by atoms with Crippen molar-refractivity contribution in [3.05, 3.63) is 40.7 Å². The second kappa shape index (κ2) is 6.85. The topological polar surface area (TPSA) is 52.6 Å². The van der Waals surface area contributed by atoms with Crippen molar-refractivity contribution in [2.75, 3.05) is 6.61 Å². The molecular formula is C17H22O4P+. The van der Waals surface area contributed by atoms with Crippen molar-refractivity contribution in [2.45, 2.75) is 46.6 Å². The first-order valence-electron chi connectivity index (χ1n) is 7.42. The summed E-state index contributed by atoms with van der Waals surface area (Å²) in [7, 11) is -1.97. The van der Waals surface area contributed by atoms with E-state index in [0.29, 0.717) is 13.0 Å². The number of Topliss-reactive ketones (excluding diaryl/α,β-unsaturated/α-hetero) is 1. The molecular weight excluding hydrogens is 299 g/mol. The van der Waals surface area contributed by atoms with Gasteiger partial charge in [-0.15, -0.1) is 14.8 Å². The highest BCUT2D eigenvalue weighted by Crippen LogP contribution is 2.39. The van der Waals surface area contributed by atoms with Crippen LogP contribution in [0.3, 0.4) is 0 Å². The molecule has 2 unspecified atom stereocenters. The van der Waals surface area contributed by atoms with Crippen LogP contribution in [0, 0.1) is 5.41 Å². The molecule has 1 saturated heterocycles. The number of carbonyl (C=O) groups is 1. The predicted molar refractivity (Wildman–Crippen MR) is 85.6 cm³/mol. The highest BCUT2D eigenvalue weighted by Gasteiger charge is 2.36. The number of carbonyl (C=O) groups excluding carboxylic acids is 1. The summed E-state index contributed by atoms with van der Waals surface area (Å²) in [6, 6.07) is 0. The van der Waals surface area contributed by atoms with Gasteiger partial charge in [0.1, 0.15) is 6.61 Å². The molecule has 2 rings (SSSR count). The Balaban J connectivity index is 2.16. The third-order valence-corrected chi connectivity index (χ3v) is 4.89. The van der Waals surface area contributed by atoms with Gasteiger partial charge in [-0.1, -0.05) is 26.0 Å². The molecule has 0 saturated carbocycles. The van der Waals surface area contributed by atoms with Gasteiger partial charge in [-0.3, -0.25) is 4.79 Å². The van der Waals surface area contributed by atoms with E-state index < -0.39 is 8.25 Å². The number of hydrogen-bond donors (Lipinski definition) is 0. The van der Waals surface area contributed by atoms with Crippen LogP contribution < -0.4 is 0 Å². The molecule has 0 amide bonds. The predicted octanol–water partition coefficient (Wildman–Crippen LogP) is 4.42. The summed E-state index contributed by atoms with van der Waals surface area (Å²) in [6.45, 7) is 8.45. The molecule has 0 bridgehead atoms. The van der Waals surface area contributed by atoms with E-state index in [2.05, 4.69) is 19.6 Å². The number of allylic oxidation sites excluding steroid dienone is 4. The molecule has 2 atom stereocenters. The summed E-state index contributed by atoms with van der Waals surface area (Å²) >= 11 is 0. The van der Waals surface area contributed by atoms with E-state index in [9.17, 15) is 9.36 Å². The van der Waals surface area contributed by atoms with Crippen LogP contribution in [0.15, 0.2) is 40.7 Å². The SMILES string of the molecule is CC(=C=CC1CO[P+](=O)O1)/C=C/C1=C(C)C(=O)CCC1(C)C.